The van der Waals surface area contributed by atoms with Crippen LogP contribution in [0.15, 0.2) is 48.8 Å². The third-order valence-corrected chi connectivity index (χ3v) is 2.92. The van der Waals surface area contributed by atoms with Gasteiger partial charge >= 0.3 is 6.03 Å². The smallest absolute Gasteiger partial charge is 0.315 e. The number of hydrogen-bond donors (Lipinski definition) is 2. The molecule has 5 heteroatoms. The molecule has 2 aromatic rings. The summed E-state index contributed by atoms with van der Waals surface area (Å²) in [5.74, 6) is -0.287. The topological polar surface area (TPSA) is 54.0 Å². The second-order valence-electron chi connectivity index (χ2n) is 4.46. The monoisotopic (exact) mass is 273 g/mol. The summed E-state index contributed by atoms with van der Waals surface area (Å²) in [6.45, 7) is 2.25. The highest BCUT2D eigenvalue weighted by molar-refractivity contribution is 5.74. The minimum Gasteiger partial charge on any atom is -0.334 e. The van der Waals surface area contributed by atoms with E-state index in [-0.39, 0.29) is 17.9 Å². The van der Waals surface area contributed by atoms with Gasteiger partial charge in [-0.15, -0.1) is 0 Å². The molecule has 2 amide bonds. The Labute approximate surface area is 117 Å². The average molecular weight is 273 g/mol. The molecule has 104 valence electrons. The molecule has 4 nitrogen and oxygen atoms in total. The minimum atomic E-state index is -0.287. The number of halogens is 1. The highest BCUT2D eigenvalue weighted by Crippen LogP contribution is 2.09. The lowest BCUT2D eigenvalue weighted by Crippen LogP contribution is -2.36. The number of pyridine rings is 1. The number of nitrogens with zero attached hydrogens (tertiary/aromatic N) is 1. The molecule has 0 saturated heterocycles. The summed E-state index contributed by atoms with van der Waals surface area (Å²) in [7, 11) is 0. The molecule has 0 fully saturated rings. The van der Waals surface area contributed by atoms with Gasteiger partial charge in [0.15, 0.2) is 0 Å². The highest BCUT2D eigenvalue weighted by Gasteiger charge is 2.08. The maximum atomic E-state index is 12.7. The van der Waals surface area contributed by atoms with Gasteiger partial charge in [-0.05, 0) is 42.3 Å². The zero-order valence-corrected chi connectivity index (χ0v) is 11.1. The first kappa shape index (κ1) is 14.0. The lowest BCUT2D eigenvalue weighted by molar-refractivity contribution is 0.237. The van der Waals surface area contributed by atoms with Crippen LogP contribution in [-0.2, 0) is 6.54 Å². The van der Waals surface area contributed by atoms with Crippen LogP contribution in [0.5, 0.6) is 0 Å². The molecule has 1 atom stereocenters. The number of carbonyl (C=O) groups excluding carboxylic acids is 1. The van der Waals surface area contributed by atoms with Crippen LogP contribution in [0.25, 0.3) is 0 Å². The summed E-state index contributed by atoms with van der Waals surface area (Å²) in [6.07, 6.45) is 3.37. The number of amides is 2. The first-order valence-corrected chi connectivity index (χ1v) is 6.34. The van der Waals surface area contributed by atoms with E-state index in [4.69, 9.17) is 0 Å². The molecule has 1 aromatic carbocycles. The van der Waals surface area contributed by atoms with E-state index < -0.39 is 0 Å². The van der Waals surface area contributed by atoms with E-state index >= 15 is 0 Å². The van der Waals surface area contributed by atoms with Gasteiger partial charge in [0.2, 0.25) is 0 Å². The van der Waals surface area contributed by atoms with Crippen LogP contribution >= 0.6 is 0 Å². The first-order valence-electron chi connectivity index (χ1n) is 6.34. The van der Waals surface area contributed by atoms with Gasteiger partial charge in [-0.25, -0.2) is 9.18 Å². The molecule has 2 N–H and O–H groups in total. The van der Waals surface area contributed by atoms with Crippen molar-refractivity contribution in [3.63, 3.8) is 0 Å². The molecule has 0 saturated carbocycles. The lowest BCUT2D eigenvalue weighted by atomic mass is 10.1. The van der Waals surface area contributed by atoms with E-state index in [0.717, 1.165) is 11.1 Å². The van der Waals surface area contributed by atoms with Crippen LogP contribution in [0.3, 0.4) is 0 Å². The van der Waals surface area contributed by atoms with E-state index in [1.807, 2.05) is 19.1 Å². The minimum absolute atomic E-state index is 0.105. The maximum Gasteiger partial charge on any atom is 0.315 e. The third kappa shape index (κ3) is 4.05. The summed E-state index contributed by atoms with van der Waals surface area (Å²) < 4.78 is 12.7. The number of benzene rings is 1. The number of urea groups is 1. The molecule has 0 bridgehead atoms. The van der Waals surface area contributed by atoms with E-state index in [1.54, 1.807) is 24.5 Å². The molecule has 0 radical (unpaired) electrons. The van der Waals surface area contributed by atoms with Gasteiger partial charge in [-0.3, -0.25) is 4.98 Å². The Balaban J connectivity index is 1.82. The van der Waals surface area contributed by atoms with E-state index in [2.05, 4.69) is 15.6 Å². The highest BCUT2D eigenvalue weighted by atomic mass is 19.1. The molecule has 1 unspecified atom stereocenters. The van der Waals surface area contributed by atoms with Crippen LogP contribution in [0.4, 0.5) is 9.18 Å². The zero-order chi connectivity index (χ0) is 14.4. The Morgan fingerprint density at radius 3 is 2.50 bits per heavy atom. The van der Waals surface area contributed by atoms with Gasteiger partial charge in [0, 0.05) is 18.9 Å². The second-order valence-corrected chi connectivity index (χ2v) is 4.46. The van der Waals surface area contributed by atoms with Gasteiger partial charge in [0.25, 0.3) is 0 Å². The van der Waals surface area contributed by atoms with Gasteiger partial charge < -0.3 is 10.6 Å². The molecule has 0 aliphatic carbocycles. The normalized spacial score (nSPS) is 11.7. The van der Waals surface area contributed by atoms with Crippen molar-refractivity contribution in [2.45, 2.75) is 19.5 Å². The molecule has 1 aromatic heterocycles. The molecule has 2 rings (SSSR count). The van der Waals surface area contributed by atoms with Gasteiger partial charge in [0.05, 0.1) is 6.04 Å². The van der Waals surface area contributed by atoms with Crippen LogP contribution in [0.2, 0.25) is 0 Å². The molecule has 0 spiro atoms. The van der Waals surface area contributed by atoms with Crippen molar-refractivity contribution in [3.8, 4) is 0 Å². The zero-order valence-electron chi connectivity index (χ0n) is 11.1. The average Bonchev–Trinajstić information content (AvgIpc) is 2.47. The fourth-order valence-electron chi connectivity index (χ4n) is 1.77. The van der Waals surface area contributed by atoms with Crippen molar-refractivity contribution in [2.24, 2.45) is 0 Å². The Hall–Kier alpha value is -2.43. The molecule has 0 aliphatic rings. The Kier molecular flexibility index (Phi) is 4.65. The lowest BCUT2D eigenvalue weighted by Gasteiger charge is -2.14. The predicted molar refractivity (Wildman–Crippen MR) is 74.4 cm³/mol. The number of hydrogen-bond acceptors (Lipinski definition) is 2. The Bertz CT molecular complexity index is 557. The maximum absolute atomic E-state index is 12.7. The standard InChI is InChI=1S/C15H16FN3O/c1-11(13-6-8-17-9-7-13)19-15(20)18-10-12-2-4-14(16)5-3-12/h2-9,11H,10H2,1H3,(H2,18,19,20). The van der Waals surface area contributed by atoms with Crippen LogP contribution < -0.4 is 10.6 Å². The summed E-state index contributed by atoms with van der Waals surface area (Å²) >= 11 is 0. The van der Waals surface area contributed by atoms with Gasteiger partial charge in [-0.1, -0.05) is 12.1 Å². The number of nitrogens with one attached hydrogen (secondary N) is 2. The summed E-state index contributed by atoms with van der Waals surface area (Å²) in [5, 5.41) is 5.56. The summed E-state index contributed by atoms with van der Waals surface area (Å²) in [5.41, 5.74) is 1.83. The molecular weight excluding hydrogens is 257 g/mol. The summed E-state index contributed by atoms with van der Waals surface area (Å²) in [6, 6.07) is 9.35. The Morgan fingerprint density at radius 2 is 1.85 bits per heavy atom. The molecule has 0 aliphatic heterocycles. The van der Waals surface area contributed by atoms with Crippen molar-refractivity contribution in [2.75, 3.05) is 0 Å². The van der Waals surface area contributed by atoms with Gasteiger partial charge in [-0.2, -0.15) is 0 Å². The number of rotatable bonds is 4. The predicted octanol–water partition coefficient (Wildman–Crippen LogP) is 2.78. The first-order chi connectivity index (χ1) is 9.65. The quantitative estimate of drug-likeness (QED) is 0.900. The summed E-state index contributed by atoms with van der Waals surface area (Å²) in [4.78, 5) is 15.7. The van der Waals surface area contributed by atoms with E-state index in [0.29, 0.717) is 6.54 Å². The van der Waals surface area contributed by atoms with Crippen LogP contribution in [-0.4, -0.2) is 11.0 Å². The number of aromatic nitrogens is 1. The second kappa shape index (κ2) is 6.65. The van der Waals surface area contributed by atoms with Gasteiger partial charge in [0.1, 0.15) is 5.82 Å². The van der Waals surface area contributed by atoms with Crippen molar-refractivity contribution in [1.82, 2.24) is 15.6 Å². The SMILES string of the molecule is CC(NC(=O)NCc1ccc(F)cc1)c1ccncc1. The van der Waals surface area contributed by atoms with Crippen molar-refractivity contribution in [1.29, 1.82) is 0 Å². The number of carbonyl (C=O) groups is 1. The molecule has 1 heterocycles. The van der Waals surface area contributed by atoms with Crippen molar-refractivity contribution < 1.29 is 9.18 Å². The van der Waals surface area contributed by atoms with E-state index in [1.165, 1.54) is 12.1 Å². The fourth-order valence-corrected chi connectivity index (χ4v) is 1.77. The molecular formula is C15H16FN3O. The van der Waals surface area contributed by atoms with Crippen molar-refractivity contribution >= 4 is 6.03 Å². The van der Waals surface area contributed by atoms with E-state index in [9.17, 15) is 9.18 Å². The molecule has 20 heavy (non-hydrogen) atoms. The Morgan fingerprint density at radius 1 is 1.20 bits per heavy atom. The van der Waals surface area contributed by atoms with Crippen LogP contribution in [0, 0.1) is 5.82 Å². The third-order valence-electron chi connectivity index (χ3n) is 2.92. The largest absolute Gasteiger partial charge is 0.334 e. The van der Waals surface area contributed by atoms with Crippen molar-refractivity contribution in [3.05, 3.63) is 65.7 Å². The fraction of sp³-hybridized carbons (Fsp3) is 0.200. The van der Waals surface area contributed by atoms with Crippen LogP contribution in [0.1, 0.15) is 24.1 Å².